The van der Waals surface area contributed by atoms with Crippen LogP contribution in [0.25, 0.3) is 11.0 Å². The first-order valence-electron chi connectivity index (χ1n) is 7.72. The second-order valence-corrected chi connectivity index (χ2v) is 6.38. The van der Waals surface area contributed by atoms with E-state index in [1.165, 1.54) is 10.8 Å². The minimum atomic E-state index is -0.422. The van der Waals surface area contributed by atoms with Crippen molar-refractivity contribution in [1.29, 1.82) is 0 Å². The molecule has 0 fully saturated rings. The lowest BCUT2D eigenvalue weighted by atomic mass is 10.2. The smallest absolute Gasteiger partial charge is 0.494 e. The number of imide groups is 1. The van der Waals surface area contributed by atoms with Crippen molar-refractivity contribution < 1.29 is 18.9 Å². The van der Waals surface area contributed by atoms with Gasteiger partial charge in [-0.15, -0.1) is 9.47 Å². The molecule has 0 unspecified atom stereocenters. The molecule has 4 rings (SSSR count). The molecule has 2 heterocycles. The summed E-state index contributed by atoms with van der Waals surface area (Å²) in [5.74, 6) is 0.287. The second-order valence-electron chi connectivity index (χ2n) is 5.46. The molecule has 1 aliphatic rings. The van der Waals surface area contributed by atoms with Gasteiger partial charge in [-0.25, -0.2) is 9.78 Å². The molecule has 124 valence electrons. The molecular weight excluding hydrogens is 386 g/mol. The van der Waals surface area contributed by atoms with E-state index in [4.69, 9.17) is 4.74 Å². The molecule has 3 aromatic rings. The molecule has 6 nitrogen and oxygen atoms in total. The lowest BCUT2D eigenvalue weighted by Crippen LogP contribution is -2.46. The number of hydrogen-bond acceptors (Lipinski definition) is 4. The Balaban J connectivity index is 1.82. The zero-order valence-electron chi connectivity index (χ0n) is 13.3. The fourth-order valence-electron chi connectivity index (χ4n) is 2.85. The Morgan fingerprint density at radius 2 is 1.92 bits per heavy atom. The van der Waals surface area contributed by atoms with Gasteiger partial charge in [-0.1, -0.05) is 15.9 Å². The zero-order valence-corrected chi connectivity index (χ0v) is 14.9. The van der Waals surface area contributed by atoms with Crippen molar-refractivity contribution in [2.45, 2.75) is 6.92 Å². The number of rotatable bonds is 3. The van der Waals surface area contributed by atoms with Gasteiger partial charge in [0.05, 0.1) is 12.8 Å². The minimum absolute atomic E-state index is 0.240. The van der Waals surface area contributed by atoms with Gasteiger partial charge in [-0.2, -0.15) is 4.79 Å². The average molecular weight is 399 g/mol. The van der Waals surface area contributed by atoms with Crippen molar-refractivity contribution in [3.63, 3.8) is 0 Å². The molecule has 2 amide bonds. The SMILES string of the molecule is CCOc1ccc(N2C(=O)c3cnc4ccc(Br)cc4[n+]3C2=O)cc1. The summed E-state index contributed by atoms with van der Waals surface area (Å²) in [6.45, 7) is 2.44. The largest absolute Gasteiger partial charge is 0.512 e. The molecule has 25 heavy (non-hydrogen) atoms. The summed E-state index contributed by atoms with van der Waals surface area (Å²) in [7, 11) is 0. The summed E-state index contributed by atoms with van der Waals surface area (Å²) < 4.78 is 7.60. The third kappa shape index (κ3) is 2.47. The Hall–Kier alpha value is -2.80. The van der Waals surface area contributed by atoms with Crippen LogP contribution >= 0.6 is 15.9 Å². The fraction of sp³-hybridized carbons (Fsp3) is 0.111. The maximum absolute atomic E-state index is 12.9. The summed E-state index contributed by atoms with van der Waals surface area (Å²) in [6.07, 6.45) is 1.44. The third-order valence-electron chi connectivity index (χ3n) is 3.96. The van der Waals surface area contributed by atoms with Crippen LogP contribution in [0.5, 0.6) is 5.75 Å². The van der Waals surface area contributed by atoms with Crippen molar-refractivity contribution in [3.8, 4) is 5.75 Å². The first kappa shape index (κ1) is 15.7. The van der Waals surface area contributed by atoms with Crippen LogP contribution in [-0.2, 0) is 0 Å². The van der Waals surface area contributed by atoms with E-state index >= 15 is 0 Å². The number of amides is 2. The molecule has 0 radical (unpaired) electrons. The highest BCUT2D eigenvalue weighted by atomic mass is 79.9. The van der Waals surface area contributed by atoms with Gasteiger partial charge in [-0.3, -0.25) is 0 Å². The highest BCUT2D eigenvalue weighted by Gasteiger charge is 2.48. The van der Waals surface area contributed by atoms with Gasteiger partial charge in [0.15, 0.2) is 5.52 Å². The number of carbonyl (C=O) groups excluding carboxylic acids is 2. The van der Waals surface area contributed by atoms with Crippen LogP contribution in [0.15, 0.2) is 53.1 Å². The molecule has 2 aromatic carbocycles. The first-order valence-corrected chi connectivity index (χ1v) is 8.51. The Morgan fingerprint density at radius 1 is 1.16 bits per heavy atom. The first-order chi connectivity index (χ1) is 12.1. The van der Waals surface area contributed by atoms with Gasteiger partial charge in [0.2, 0.25) is 5.69 Å². The maximum Gasteiger partial charge on any atom is 0.512 e. The highest BCUT2D eigenvalue weighted by molar-refractivity contribution is 9.10. The number of fused-ring (bicyclic) bond motifs is 3. The van der Waals surface area contributed by atoms with Crippen LogP contribution in [0.1, 0.15) is 17.4 Å². The zero-order chi connectivity index (χ0) is 17.6. The monoisotopic (exact) mass is 398 g/mol. The van der Waals surface area contributed by atoms with Crippen molar-refractivity contribution >= 4 is 44.6 Å². The number of carbonyl (C=O) groups is 2. The quantitative estimate of drug-likeness (QED) is 0.634. The molecule has 0 saturated heterocycles. The average Bonchev–Trinajstić information content (AvgIpc) is 2.87. The molecule has 1 aromatic heterocycles. The Bertz CT molecular complexity index is 1020. The van der Waals surface area contributed by atoms with E-state index in [9.17, 15) is 9.59 Å². The number of nitrogens with zero attached hydrogens (tertiary/aromatic N) is 3. The van der Waals surface area contributed by atoms with Gasteiger partial charge in [-0.05, 0) is 43.3 Å². The lowest BCUT2D eigenvalue weighted by molar-refractivity contribution is -0.537. The van der Waals surface area contributed by atoms with Crippen molar-refractivity contribution in [3.05, 3.63) is 58.8 Å². The molecule has 0 aliphatic carbocycles. The van der Waals surface area contributed by atoms with Gasteiger partial charge in [0.1, 0.15) is 17.0 Å². The second kappa shape index (κ2) is 5.93. The summed E-state index contributed by atoms with van der Waals surface area (Å²) in [5, 5.41) is 0. The topological polar surface area (TPSA) is 63.4 Å². The van der Waals surface area contributed by atoms with Crippen molar-refractivity contribution in [2.24, 2.45) is 0 Å². The van der Waals surface area contributed by atoms with Crippen LogP contribution in [0.4, 0.5) is 10.5 Å². The molecule has 1 aliphatic heterocycles. The van der Waals surface area contributed by atoms with Crippen LogP contribution in [-0.4, -0.2) is 23.5 Å². The van der Waals surface area contributed by atoms with E-state index in [0.717, 1.165) is 9.37 Å². The predicted octanol–water partition coefficient (Wildman–Crippen LogP) is 3.31. The number of ether oxygens (including phenoxy) is 1. The number of hydrogen-bond donors (Lipinski definition) is 0. The lowest BCUT2D eigenvalue weighted by Gasteiger charge is -2.06. The standard InChI is InChI=1S/C18H13BrN3O3/c1-2-25-13-6-4-12(5-7-13)21-17(23)16-10-20-14-8-3-11(19)9-15(14)22(16)18(21)24/h3-10H,2H2,1H3/q+1. The summed E-state index contributed by atoms with van der Waals surface area (Å²) in [6, 6.07) is 11.9. The van der Waals surface area contributed by atoms with Crippen LogP contribution in [0.2, 0.25) is 0 Å². The molecular formula is C18H13BrN3O3+. The Labute approximate surface area is 151 Å². The molecule has 0 bridgehead atoms. The van der Waals surface area contributed by atoms with Gasteiger partial charge < -0.3 is 4.74 Å². The number of halogens is 1. The van der Waals surface area contributed by atoms with Crippen molar-refractivity contribution in [1.82, 2.24) is 4.98 Å². The number of aromatic nitrogens is 2. The van der Waals surface area contributed by atoms with E-state index in [0.29, 0.717) is 29.1 Å². The normalized spacial score (nSPS) is 13.4. The van der Waals surface area contributed by atoms with E-state index in [1.54, 1.807) is 36.4 Å². The number of anilines is 1. The summed E-state index contributed by atoms with van der Waals surface area (Å²) >= 11 is 3.39. The van der Waals surface area contributed by atoms with E-state index in [1.807, 2.05) is 13.0 Å². The molecule has 7 heteroatoms. The molecule has 0 saturated carbocycles. The Morgan fingerprint density at radius 3 is 2.64 bits per heavy atom. The van der Waals surface area contributed by atoms with Crippen LogP contribution in [0.3, 0.4) is 0 Å². The predicted molar refractivity (Wildman–Crippen MR) is 94.9 cm³/mol. The highest BCUT2D eigenvalue weighted by Crippen LogP contribution is 2.25. The number of benzene rings is 2. The minimum Gasteiger partial charge on any atom is -0.494 e. The van der Waals surface area contributed by atoms with Gasteiger partial charge in [0, 0.05) is 10.5 Å². The maximum atomic E-state index is 12.9. The molecule has 0 spiro atoms. The van der Waals surface area contributed by atoms with Gasteiger partial charge in [0.25, 0.3) is 0 Å². The fourth-order valence-corrected chi connectivity index (χ4v) is 3.20. The van der Waals surface area contributed by atoms with Gasteiger partial charge >= 0.3 is 11.9 Å². The van der Waals surface area contributed by atoms with E-state index < -0.39 is 11.9 Å². The van der Waals surface area contributed by atoms with E-state index in [-0.39, 0.29) is 5.69 Å². The summed E-state index contributed by atoms with van der Waals surface area (Å²) in [4.78, 5) is 31.1. The summed E-state index contributed by atoms with van der Waals surface area (Å²) in [5.41, 5.74) is 1.95. The van der Waals surface area contributed by atoms with Crippen LogP contribution < -0.4 is 14.2 Å². The molecule has 0 atom stereocenters. The van der Waals surface area contributed by atoms with Crippen molar-refractivity contribution in [2.75, 3.05) is 11.5 Å². The third-order valence-corrected chi connectivity index (χ3v) is 4.45. The van der Waals surface area contributed by atoms with Crippen LogP contribution in [0, 0.1) is 0 Å². The Kier molecular flexibility index (Phi) is 3.73. The molecule has 0 N–H and O–H groups in total. The van der Waals surface area contributed by atoms with E-state index in [2.05, 4.69) is 20.9 Å².